The molecule has 6 nitrogen and oxygen atoms in total. The maximum Gasteiger partial charge on any atom is 0.224 e. The highest BCUT2D eigenvalue weighted by molar-refractivity contribution is 5.59. The van der Waals surface area contributed by atoms with Crippen molar-refractivity contribution in [2.24, 2.45) is 0 Å². The largest absolute Gasteiger partial charge is 0.497 e. The zero-order chi connectivity index (χ0) is 16.1. The van der Waals surface area contributed by atoms with Gasteiger partial charge in [0.25, 0.3) is 0 Å². The number of rotatable bonds is 6. The van der Waals surface area contributed by atoms with Crippen LogP contribution in [0.1, 0.15) is 18.5 Å². The van der Waals surface area contributed by atoms with Gasteiger partial charge in [-0.15, -0.1) is 0 Å². The fraction of sp³-hybridized carbons (Fsp3) is 0.412. The first-order valence-electron chi connectivity index (χ1n) is 7.85. The minimum Gasteiger partial charge on any atom is -0.497 e. The van der Waals surface area contributed by atoms with Gasteiger partial charge in [-0.25, -0.2) is 4.98 Å². The van der Waals surface area contributed by atoms with E-state index in [0.29, 0.717) is 5.95 Å². The number of hydrogen-bond donors (Lipinski definition) is 2. The molecule has 6 heteroatoms. The molecule has 2 heterocycles. The normalized spacial score (nSPS) is 17.0. The van der Waals surface area contributed by atoms with Gasteiger partial charge in [0.2, 0.25) is 5.95 Å². The van der Waals surface area contributed by atoms with Crippen molar-refractivity contribution in [1.82, 2.24) is 9.97 Å². The number of hydrogen-bond acceptors (Lipinski definition) is 6. The van der Waals surface area contributed by atoms with Crippen LogP contribution in [0.5, 0.6) is 5.75 Å². The molecular formula is C17H22N4O2. The highest BCUT2D eigenvalue weighted by atomic mass is 16.5. The van der Waals surface area contributed by atoms with Crippen molar-refractivity contribution in [3.05, 3.63) is 36.0 Å². The van der Waals surface area contributed by atoms with Crippen LogP contribution in [0.3, 0.4) is 0 Å². The third-order valence-corrected chi connectivity index (χ3v) is 3.71. The van der Waals surface area contributed by atoms with Gasteiger partial charge < -0.3 is 20.1 Å². The molecule has 1 aromatic carbocycles. The zero-order valence-corrected chi connectivity index (χ0v) is 13.5. The molecule has 3 rings (SSSR count). The smallest absolute Gasteiger partial charge is 0.224 e. The standard InChI is InChI=1S/C17H22N4O2/c1-12-9-16(20-13-5-3-6-14(10-13)22-2)21-17(19-12)18-11-15-7-4-8-23-15/h3,5-6,9-10,15H,4,7-8,11H2,1-2H3,(H2,18,19,20,21). The van der Waals surface area contributed by atoms with Crippen molar-refractivity contribution in [3.8, 4) is 5.75 Å². The molecule has 0 bridgehead atoms. The number of benzene rings is 1. The molecule has 1 saturated heterocycles. The van der Waals surface area contributed by atoms with Crippen LogP contribution in [0.4, 0.5) is 17.5 Å². The third kappa shape index (κ3) is 4.32. The number of aromatic nitrogens is 2. The van der Waals surface area contributed by atoms with E-state index in [1.54, 1.807) is 7.11 Å². The van der Waals surface area contributed by atoms with Gasteiger partial charge in [-0.2, -0.15) is 4.98 Å². The van der Waals surface area contributed by atoms with E-state index in [1.165, 1.54) is 0 Å². The topological polar surface area (TPSA) is 68.3 Å². The lowest BCUT2D eigenvalue weighted by Gasteiger charge is -2.13. The van der Waals surface area contributed by atoms with E-state index < -0.39 is 0 Å². The number of nitrogens with zero attached hydrogens (tertiary/aromatic N) is 2. The van der Waals surface area contributed by atoms with Crippen molar-refractivity contribution in [2.75, 3.05) is 30.9 Å². The summed E-state index contributed by atoms with van der Waals surface area (Å²) in [6, 6.07) is 9.66. The molecule has 2 N–H and O–H groups in total. The van der Waals surface area contributed by atoms with Crippen molar-refractivity contribution in [3.63, 3.8) is 0 Å². The predicted molar refractivity (Wildman–Crippen MR) is 90.5 cm³/mol. The van der Waals surface area contributed by atoms with Crippen LogP contribution in [0, 0.1) is 6.92 Å². The number of nitrogens with one attached hydrogen (secondary N) is 2. The van der Waals surface area contributed by atoms with Gasteiger partial charge in [-0.05, 0) is 31.9 Å². The minimum absolute atomic E-state index is 0.258. The quantitative estimate of drug-likeness (QED) is 0.854. The third-order valence-electron chi connectivity index (χ3n) is 3.71. The lowest BCUT2D eigenvalue weighted by atomic mass is 10.2. The molecule has 1 fully saturated rings. The molecule has 122 valence electrons. The fourth-order valence-electron chi connectivity index (χ4n) is 2.57. The maximum atomic E-state index is 5.61. The second kappa shape index (κ2) is 7.28. The van der Waals surface area contributed by atoms with Crippen LogP contribution in [0.25, 0.3) is 0 Å². The second-order valence-corrected chi connectivity index (χ2v) is 5.59. The first-order chi connectivity index (χ1) is 11.2. The predicted octanol–water partition coefficient (Wildman–Crippen LogP) is 3.13. The van der Waals surface area contributed by atoms with Crippen molar-refractivity contribution in [1.29, 1.82) is 0 Å². The minimum atomic E-state index is 0.258. The summed E-state index contributed by atoms with van der Waals surface area (Å²) < 4.78 is 10.8. The van der Waals surface area contributed by atoms with Gasteiger partial charge in [-0.3, -0.25) is 0 Å². The van der Waals surface area contributed by atoms with Crippen LogP contribution in [-0.4, -0.2) is 36.3 Å². The summed E-state index contributed by atoms with van der Waals surface area (Å²) in [6.07, 6.45) is 2.48. The summed E-state index contributed by atoms with van der Waals surface area (Å²) in [5.74, 6) is 2.17. The lowest BCUT2D eigenvalue weighted by Crippen LogP contribution is -2.20. The number of anilines is 3. The van der Waals surface area contributed by atoms with Gasteiger partial charge in [0.1, 0.15) is 11.6 Å². The Hall–Kier alpha value is -2.34. The molecule has 0 spiro atoms. The Labute approximate surface area is 136 Å². The average Bonchev–Trinajstić information content (AvgIpc) is 3.06. The Balaban J connectivity index is 1.68. The van der Waals surface area contributed by atoms with Crippen LogP contribution >= 0.6 is 0 Å². The molecule has 1 atom stereocenters. The monoisotopic (exact) mass is 314 g/mol. The van der Waals surface area contributed by atoms with Crippen LogP contribution < -0.4 is 15.4 Å². The Morgan fingerprint density at radius 3 is 3.00 bits per heavy atom. The summed E-state index contributed by atoms with van der Waals surface area (Å²) in [6.45, 7) is 3.54. The van der Waals surface area contributed by atoms with Crippen LogP contribution in [-0.2, 0) is 4.74 Å². The average molecular weight is 314 g/mol. The summed E-state index contributed by atoms with van der Waals surface area (Å²) in [5.41, 5.74) is 1.83. The van der Waals surface area contributed by atoms with Crippen molar-refractivity contribution < 1.29 is 9.47 Å². The summed E-state index contributed by atoms with van der Waals surface area (Å²) in [5, 5.41) is 6.55. The summed E-state index contributed by atoms with van der Waals surface area (Å²) in [7, 11) is 1.65. The summed E-state index contributed by atoms with van der Waals surface area (Å²) in [4.78, 5) is 8.94. The van der Waals surface area contributed by atoms with Gasteiger partial charge in [0.15, 0.2) is 0 Å². The van der Waals surface area contributed by atoms with E-state index >= 15 is 0 Å². The highest BCUT2D eigenvalue weighted by Gasteiger charge is 2.15. The molecule has 1 aliphatic heterocycles. The van der Waals surface area contributed by atoms with Crippen molar-refractivity contribution >= 4 is 17.5 Å². The van der Waals surface area contributed by atoms with Gasteiger partial charge in [0, 0.05) is 36.7 Å². The number of aryl methyl sites for hydroxylation is 1. The van der Waals surface area contributed by atoms with Gasteiger partial charge in [-0.1, -0.05) is 6.07 Å². The van der Waals surface area contributed by atoms with E-state index in [-0.39, 0.29) is 6.10 Å². The Morgan fingerprint density at radius 2 is 2.22 bits per heavy atom. The van der Waals surface area contributed by atoms with Crippen LogP contribution in [0.2, 0.25) is 0 Å². The molecular weight excluding hydrogens is 292 g/mol. The number of methoxy groups -OCH3 is 1. The molecule has 0 saturated carbocycles. The lowest BCUT2D eigenvalue weighted by molar-refractivity contribution is 0.120. The first kappa shape index (κ1) is 15.6. The molecule has 1 aliphatic rings. The molecule has 0 aliphatic carbocycles. The van der Waals surface area contributed by atoms with E-state index in [9.17, 15) is 0 Å². The van der Waals surface area contributed by atoms with Crippen molar-refractivity contribution in [2.45, 2.75) is 25.9 Å². The van der Waals surface area contributed by atoms with E-state index in [1.807, 2.05) is 37.3 Å². The van der Waals surface area contributed by atoms with E-state index in [4.69, 9.17) is 9.47 Å². The summed E-state index contributed by atoms with van der Waals surface area (Å²) >= 11 is 0. The SMILES string of the molecule is COc1cccc(Nc2cc(C)nc(NCC3CCCO3)n2)c1. The Morgan fingerprint density at radius 1 is 1.30 bits per heavy atom. The maximum absolute atomic E-state index is 5.61. The van der Waals surface area contributed by atoms with Gasteiger partial charge >= 0.3 is 0 Å². The Bertz CT molecular complexity index is 657. The molecule has 0 amide bonds. The fourth-order valence-corrected chi connectivity index (χ4v) is 2.57. The van der Waals surface area contributed by atoms with E-state index in [2.05, 4.69) is 20.6 Å². The molecule has 2 aromatic rings. The number of ether oxygens (including phenoxy) is 2. The first-order valence-corrected chi connectivity index (χ1v) is 7.85. The molecule has 0 radical (unpaired) electrons. The Kier molecular flexibility index (Phi) is 4.92. The molecule has 1 aromatic heterocycles. The molecule has 23 heavy (non-hydrogen) atoms. The second-order valence-electron chi connectivity index (χ2n) is 5.59. The molecule has 1 unspecified atom stereocenters. The van der Waals surface area contributed by atoms with E-state index in [0.717, 1.165) is 48.9 Å². The highest BCUT2D eigenvalue weighted by Crippen LogP contribution is 2.21. The van der Waals surface area contributed by atoms with Crippen LogP contribution in [0.15, 0.2) is 30.3 Å². The van der Waals surface area contributed by atoms with Gasteiger partial charge in [0.05, 0.1) is 13.2 Å². The zero-order valence-electron chi connectivity index (χ0n) is 13.5.